The van der Waals surface area contributed by atoms with Crippen LogP contribution in [0.15, 0.2) is 28.8 Å². The highest BCUT2D eigenvalue weighted by Gasteiger charge is 2.38. The van der Waals surface area contributed by atoms with Crippen LogP contribution >= 0.6 is 0 Å². The number of benzene rings is 1. The van der Waals surface area contributed by atoms with Gasteiger partial charge >= 0.3 is 23.9 Å². The zero-order chi connectivity index (χ0) is 19.5. The average molecular weight is 370 g/mol. The smallest absolute Gasteiger partial charge is 0.344 e. The molecule has 0 aliphatic heterocycles. The molecule has 0 spiro atoms. The molecule has 0 fully saturated rings. The molecule has 0 radical (unpaired) electrons. The molecule has 1 aromatic carbocycles. The highest BCUT2D eigenvalue weighted by molar-refractivity contribution is 6.35. The number of aromatic nitrogens is 2. The molecule has 2 N–H and O–H groups in total. The summed E-state index contributed by atoms with van der Waals surface area (Å²) in [6.07, 6.45) is -4.71. The van der Waals surface area contributed by atoms with Gasteiger partial charge in [-0.3, -0.25) is 9.59 Å². The Hall–Kier alpha value is -2.91. The van der Waals surface area contributed by atoms with Crippen molar-refractivity contribution in [3.05, 3.63) is 35.7 Å². The van der Waals surface area contributed by atoms with E-state index in [0.29, 0.717) is 11.1 Å². The van der Waals surface area contributed by atoms with Gasteiger partial charge in [-0.05, 0) is 26.3 Å². The SMILES string of the molecule is CC(C)(C)NC(=O)C(=O)NCc1ccc(-c2noc(C(F)(F)F)n2)cc1. The second kappa shape index (κ2) is 7.14. The lowest BCUT2D eigenvalue weighted by molar-refractivity contribution is -0.159. The van der Waals surface area contributed by atoms with Crippen molar-refractivity contribution in [3.63, 3.8) is 0 Å². The molecule has 0 saturated carbocycles. The van der Waals surface area contributed by atoms with Gasteiger partial charge in [0.05, 0.1) is 0 Å². The first kappa shape index (κ1) is 19.4. The molecular formula is C16H17F3N4O3. The number of alkyl halides is 3. The molecular weight excluding hydrogens is 353 g/mol. The number of hydrogen-bond acceptors (Lipinski definition) is 5. The Morgan fingerprint density at radius 1 is 1.08 bits per heavy atom. The van der Waals surface area contributed by atoms with Crippen molar-refractivity contribution in [2.24, 2.45) is 0 Å². The molecule has 2 aromatic rings. The minimum Gasteiger partial charge on any atom is -0.344 e. The number of nitrogens with one attached hydrogen (secondary N) is 2. The topological polar surface area (TPSA) is 97.1 Å². The lowest BCUT2D eigenvalue weighted by Crippen LogP contribution is -2.48. The maximum absolute atomic E-state index is 12.5. The Kier molecular flexibility index (Phi) is 5.33. The number of hydrogen-bond donors (Lipinski definition) is 2. The Morgan fingerprint density at radius 2 is 1.69 bits per heavy atom. The summed E-state index contributed by atoms with van der Waals surface area (Å²) in [5.74, 6) is -3.15. The third kappa shape index (κ3) is 5.30. The monoisotopic (exact) mass is 370 g/mol. The fourth-order valence-electron chi connectivity index (χ4n) is 1.89. The first-order chi connectivity index (χ1) is 12.0. The molecule has 0 bridgehead atoms. The number of amides is 2. The molecule has 0 atom stereocenters. The van der Waals surface area contributed by atoms with Crippen molar-refractivity contribution in [1.29, 1.82) is 0 Å². The number of rotatable bonds is 3. The van der Waals surface area contributed by atoms with Crippen LogP contribution in [0.4, 0.5) is 13.2 Å². The lowest BCUT2D eigenvalue weighted by Gasteiger charge is -2.19. The highest BCUT2D eigenvalue weighted by Crippen LogP contribution is 2.29. The van der Waals surface area contributed by atoms with Crippen molar-refractivity contribution in [1.82, 2.24) is 20.8 Å². The van der Waals surface area contributed by atoms with E-state index in [0.717, 1.165) is 0 Å². The minimum atomic E-state index is -4.71. The van der Waals surface area contributed by atoms with Gasteiger partial charge in [-0.15, -0.1) is 0 Å². The summed E-state index contributed by atoms with van der Waals surface area (Å²) in [4.78, 5) is 26.7. The summed E-state index contributed by atoms with van der Waals surface area (Å²) in [5, 5.41) is 8.27. The van der Waals surface area contributed by atoms with Crippen molar-refractivity contribution in [2.45, 2.75) is 39.0 Å². The van der Waals surface area contributed by atoms with E-state index in [1.807, 2.05) is 0 Å². The molecule has 7 nitrogen and oxygen atoms in total. The highest BCUT2D eigenvalue weighted by atomic mass is 19.4. The summed E-state index contributed by atoms with van der Waals surface area (Å²) in [7, 11) is 0. The quantitative estimate of drug-likeness (QED) is 0.808. The molecule has 0 aliphatic rings. The fraction of sp³-hybridized carbons (Fsp3) is 0.375. The van der Waals surface area contributed by atoms with E-state index in [4.69, 9.17) is 0 Å². The molecule has 10 heteroatoms. The molecule has 2 amide bonds. The van der Waals surface area contributed by atoms with Crippen LogP contribution in [0.1, 0.15) is 32.2 Å². The normalized spacial score (nSPS) is 11.9. The molecule has 1 aromatic heterocycles. The lowest BCUT2D eigenvalue weighted by atomic mass is 10.1. The molecule has 0 unspecified atom stereocenters. The summed E-state index contributed by atoms with van der Waals surface area (Å²) in [5.41, 5.74) is 0.436. The van der Waals surface area contributed by atoms with Crippen molar-refractivity contribution in [3.8, 4) is 11.4 Å². The zero-order valence-electron chi connectivity index (χ0n) is 14.3. The van der Waals surface area contributed by atoms with Gasteiger partial charge in [0.15, 0.2) is 0 Å². The summed E-state index contributed by atoms with van der Waals surface area (Å²) in [6.45, 7) is 5.33. The van der Waals surface area contributed by atoms with E-state index < -0.39 is 29.4 Å². The Bertz CT molecular complexity index is 792. The minimum absolute atomic E-state index is 0.0801. The van der Waals surface area contributed by atoms with Crippen molar-refractivity contribution >= 4 is 11.8 Å². The predicted molar refractivity (Wildman–Crippen MR) is 84.5 cm³/mol. The van der Waals surface area contributed by atoms with Gasteiger partial charge in [0.25, 0.3) is 0 Å². The van der Waals surface area contributed by atoms with Crippen LogP contribution in [-0.4, -0.2) is 27.5 Å². The second-order valence-corrected chi connectivity index (χ2v) is 6.50. The third-order valence-electron chi connectivity index (χ3n) is 3.03. The van der Waals surface area contributed by atoms with E-state index in [9.17, 15) is 22.8 Å². The first-order valence-corrected chi connectivity index (χ1v) is 7.56. The van der Waals surface area contributed by atoms with Gasteiger partial charge in [-0.1, -0.05) is 29.4 Å². The summed E-state index contributed by atoms with van der Waals surface area (Å²) in [6, 6.07) is 6.12. The molecule has 2 rings (SSSR count). The largest absolute Gasteiger partial charge is 0.471 e. The summed E-state index contributed by atoms with van der Waals surface area (Å²) < 4.78 is 41.5. The van der Waals surface area contributed by atoms with Gasteiger partial charge in [-0.2, -0.15) is 18.2 Å². The Balaban J connectivity index is 1.96. The standard InChI is InChI=1S/C16H17F3N4O3/c1-15(2,3)22-13(25)12(24)20-8-9-4-6-10(7-5-9)11-21-14(26-23-11)16(17,18)19/h4-7H,8H2,1-3H3,(H,20,24)(H,22,25). The fourth-order valence-corrected chi connectivity index (χ4v) is 1.89. The predicted octanol–water partition coefficient (Wildman–Crippen LogP) is 2.29. The molecule has 140 valence electrons. The number of carbonyl (C=O) groups is 2. The van der Waals surface area contributed by atoms with Crippen LogP contribution in [0.3, 0.4) is 0 Å². The third-order valence-corrected chi connectivity index (χ3v) is 3.03. The van der Waals surface area contributed by atoms with E-state index in [1.165, 1.54) is 12.1 Å². The molecule has 0 saturated heterocycles. The number of halogens is 3. The molecule has 1 heterocycles. The van der Waals surface area contributed by atoms with Crippen LogP contribution in [-0.2, 0) is 22.3 Å². The summed E-state index contributed by atoms with van der Waals surface area (Å²) >= 11 is 0. The van der Waals surface area contributed by atoms with Gasteiger partial charge in [-0.25, -0.2) is 0 Å². The maximum Gasteiger partial charge on any atom is 0.471 e. The van der Waals surface area contributed by atoms with Crippen LogP contribution in [0.2, 0.25) is 0 Å². The van der Waals surface area contributed by atoms with Crippen LogP contribution < -0.4 is 10.6 Å². The zero-order valence-corrected chi connectivity index (χ0v) is 14.3. The van der Waals surface area contributed by atoms with Crippen LogP contribution in [0.5, 0.6) is 0 Å². The van der Waals surface area contributed by atoms with Gasteiger partial charge in [0.2, 0.25) is 5.82 Å². The Labute approximate surface area is 147 Å². The van der Waals surface area contributed by atoms with E-state index in [1.54, 1.807) is 32.9 Å². The van der Waals surface area contributed by atoms with Gasteiger partial charge in [0.1, 0.15) is 0 Å². The van der Waals surface area contributed by atoms with Crippen LogP contribution in [0.25, 0.3) is 11.4 Å². The number of nitrogens with zero attached hydrogens (tertiary/aromatic N) is 2. The second-order valence-electron chi connectivity index (χ2n) is 6.50. The van der Waals surface area contributed by atoms with Crippen molar-refractivity contribution in [2.75, 3.05) is 0 Å². The Morgan fingerprint density at radius 3 is 2.19 bits per heavy atom. The first-order valence-electron chi connectivity index (χ1n) is 7.56. The average Bonchev–Trinajstić information content (AvgIpc) is 3.01. The van der Waals surface area contributed by atoms with Crippen molar-refractivity contribution < 1.29 is 27.3 Å². The van der Waals surface area contributed by atoms with Gasteiger partial charge in [0, 0.05) is 17.6 Å². The maximum atomic E-state index is 12.5. The van der Waals surface area contributed by atoms with E-state index in [-0.39, 0.29) is 12.4 Å². The number of carbonyl (C=O) groups excluding carboxylic acids is 2. The van der Waals surface area contributed by atoms with E-state index in [2.05, 4.69) is 25.3 Å². The molecule has 26 heavy (non-hydrogen) atoms. The molecule has 0 aliphatic carbocycles. The van der Waals surface area contributed by atoms with Gasteiger partial charge < -0.3 is 15.2 Å². The van der Waals surface area contributed by atoms with Crippen LogP contribution in [0, 0.1) is 0 Å². The van der Waals surface area contributed by atoms with E-state index >= 15 is 0 Å².